The highest BCUT2D eigenvalue weighted by molar-refractivity contribution is 5.17. The predicted octanol–water partition coefficient (Wildman–Crippen LogP) is 2.47. The van der Waals surface area contributed by atoms with E-state index in [-0.39, 0.29) is 12.0 Å². The van der Waals surface area contributed by atoms with Crippen LogP contribution >= 0.6 is 0 Å². The predicted molar refractivity (Wildman–Crippen MR) is 77.0 cm³/mol. The maximum atomic E-state index is 10.4. The van der Waals surface area contributed by atoms with E-state index < -0.39 is 6.10 Å². The van der Waals surface area contributed by atoms with Gasteiger partial charge in [0.15, 0.2) is 0 Å². The molecule has 3 nitrogen and oxygen atoms in total. The quantitative estimate of drug-likeness (QED) is 0.906. The second-order valence-electron chi connectivity index (χ2n) is 5.78. The first-order valence-corrected chi connectivity index (χ1v) is 7.16. The Morgan fingerprint density at radius 1 is 1.32 bits per heavy atom. The molecule has 1 aliphatic heterocycles. The van der Waals surface area contributed by atoms with Crippen molar-refractivity contribution >= 4 is 0 Å². The maximum absolute atomic E-state index is 10.4. The highest BCUT2D eigenvalue weighted by Gasteiger charge is 2.27. The topological polar surface area (TPSA) is 32.7 Å². The summed E-state index contributed by atoms with van der Waals surface area (Å²) in [7, 11) is 0. The summed E-state index contributed by atoms with van der Waals surface area (Å²) < 4.78 is 5.64. The lowest BCUT2D eigenvalue weighted by Gasteiger charge is -2.39. The average Bonchev–Trinajstić information content (AvgIpc) is 2.43. The van der Waals surface area contributed by atoms with Crippen LogP contribution in [-0.4, -0.2) is 41.8 Å². The van der Waals surface area contributed by atoms with Gasteiger partial charge in [-0.3, -0.25) is 4.90 Å². The number of nitrogens with zero attached hydrogens (tertiary/aromatic N) is 1. The molecular weight excluding hydrogens is 238 g/mol. The van der Waals surface area contributed by atoms with Gasteiger partial charge in [0.25, 0.3) is 0 Å². The third-order valence-electron chi connectivity index (χ3n) is 3.94. The van der Waals surface area contributed by atoms with Gasteiger partial charge in [-0.2, -0.15) is 0 Å². The molecule has 1 aliphatic rings. The summed E-state index contributed by atoms with van der Waals surface area (Å²) in [5.41, 5.74) is 1.00. The molecule has 0 aromatic heterocycles. The first-order valence-electron chi connectivity index (χ1n) is 7.16. The molecule has 1 N–H and O–H groups in total. The van der Waals surface area contributed by atoms with Gasteiger partial charge in [0.05, 0.1) is 18.8 Å². The van der Waals surface area contributed by atoms with E-state index in [1.807, 2.05) is 30.3 Å². The minimum absolute atomic E-state index is 0.218. The van der Waals surface area contributed by atoms with Crippen LogP contribution in [0.3, 0.4) is 0 Å². The molecule has 0 radical (unpaired) electrons. The van der Waals surface area contributed by atoms with E-state index >= 15 is 0 Å². The van der Waals surface area contributed by atoms with Crippen molar-refractivity contribution in [2.24, 2.45) is 5.92 Å². The Labute approximate surface area is 116 Å². The first kappa shape index (κ1) is 14.5. The van der Waals surface area contributed by atoms with Crippen LogP contribution in [0.4, 0.5) is 0 Å². The van der Waals surface area contributed by atoms with E-state index in [9.17, 15) is 5.11 Å². The Hall–Kier alpha value is -0.900. The van der Waals surface area contributed by atoms with Gasteiger partial charge >= 0.3 is 0 Å². The Balaban J connectivity index is 1.94. The zero-order valence-corrected chi connectivity index (χ0v) is 12.1. The lowest BCUT2D eigenvalue weighted by atomic mass is 9.96. The molecule has 4 atom stereocenters. The van der Waals surface area contributed by atoms with Crippen LogP contribution in [0.15, 0.2) is 30.3 Å². The largest absolute Gasteiger partial charge is 0.388 e. The summed E-state index contributed by atoms with van der Waals surface area (Å²) in [6.45, 7) is 9.06. The number of morpholine rings is 1. The van der Waals surface area contributed by atoms with Crippen LogP contribution in [0.25, 0.3) is 0 Å². The number of benzene rings is 1. The minimum atomic E-state index is -0.397. The highest BCUT2D eigenvalue weighted by Crippen LogP contribution is 2.24. The van der Waals surface area contributed by atoms with Crippen molar-refractivity contribution < 1.29 is 9.84 Å². The van der Waals surface area contributed by atoms with Crippen LogP contribution in [-0.2, 0) is 4.74 Å². The van der Waals surface area contributed by atoms with Crippen LogP contribution < -0.4 is 0 Å². The van der Waals surface area contributed by atoms with Crippen molar-refractivity contribution in [2.45, 2.75) is 39.0 Å². The first-order chi connectivity index (χ1) is 9.08. The molecule has 1 saturated heterocycles. The molecule has 0 bridgehead atoms. The summed E-state index contributed by atoms with van der Waals surface area (Å²) in [5, 5.41) is 10.4. The second-order valence-corrected chi connectivity index (χ2v) is 5.78. The number of aliphatic hydroxyl groups excluding tert-OH is 1. The van der Waals surface area contributed by atoms with Crippen molar-refractivity contribution in [1.29, 1.82) is 0 Å². The summed E-state index contributed by atoms with van der Waals surface area (Å²) >= 11 is 0. The van der Waals surface area contributed by atoms with E-state index in [2.05, 4.69) is 25.7 Å². The van der Waals surface area contributed by atoms with Gasteiger partial charge in [-0.05, 0) is 25.3 Å². The van der Waals surface area contributed by atoms with Gasteiger partial charge in [0.1, 0.15) is 0 Å². The number of rotatable bonds is 4. The Morgan fingerprint density at radius 3 is 2.68 bits per heavy atom. The fourth-order valence-electron chi connectivity index (χ4n) is 2.67. The molecule has 1 heterocycles. The van der Waals surface area contributed by atoms with Crippen LogP contribution in [0.1, 0.15) is 32.4 Å². The van der Waals surface area contributed by atoms with Gasteiger partial charge < -0.3 is 9.84 Å². The van der Waals surface area contributed by atoms with Gasteiger partial charge in [-0.25, -0.2) is 0 Å². The standard InChI is InChI=1S/C16H25NO2/c1-12(16(18)15-7-5-4-6-8-15)9-17-10-14(3)19-11-13(17)2/h4-8,12-14,16,18H,9-11H2,1-3H3. The zero-order valence-electron chi connectivity index (χ0n) is 12.1. The fraction of sp³-hybridized carbons (Fsp3) is 0.625. The third-order valence-corrected chi connectivity index (χ3v) is 3.94. The van der Waals surface area contributed by atoms with Gasteiger partial charge in [0.2, 0.25) is 0 Å². The average molecular weight is 263 g/mol. The van der Waals surface area contributed by atoms with Gasteiger partial charge in [-0.1, -0.05) is 37.3 Å². The summed E-state index contributed by atoms with van der Waals surface area (Å²) in [6, 6.07) is 10.3. The van der Waals surface area contributed by atoms with E-state index in [4.69, 9.17) is 4.74 Å². The molecular formula is C16H25NO2. The van der Waals surface area contributed by atoms with Gasteiger partial charge in [-0.15, -0.1) is 0 Å². The molecule has 0 aliphatic carbocycles. The lowest BCUT2D eigenvalue weighted by Crippen LogP contribution is -2.49. The Bertz CT molecular complexity index is 382. The molecule has 2 rings (SSSR count). The monoisotopic (exact) mass is 263 g/mol. The van der Waals surface area contributed by atoms with E-state index in [1.165, 1.54) is 0 Å². The zero-order chi connectivity index (χ0) is 13.8. The van der Waals surface area contributed by atoms with Crippen molar-refractivity contribution in [2.75, 3.05) is 19.7 Å². The van der Waals surface area contributed by atoms with Crippen molar-refractivity contribution in [3.8, 4) is 0 Å². The van der Waals surface area contributed by atoms with Crippen molar-refractivity contribution in [3.63, 3.8) is 0 Å². The molecule has 1 fully saturated rings. The smallest absolute Gasteiger partial charge is 0.0827 e. The number of ether oxygens (including phenoxy) is 1. The van der Waals surface area contributed by atoms with E-state index in [1.54, 1.807) is 0 Å². The minimum Gasteiger partial charge on any atom is -0.388 e. The summed E-state index contributed by atoms with van der Waals surface area (Å²) in [6.07, 6.45) is -0.108. The van der Waals surface area contributed by atoms with Crippen LogP contribution in [0.2, 0.25) is 0 Å². The molecule has 106 valence electrons. The van der Waals surface area contributed by atoms with Gasteiger partial charge in [0, 0.05) is 19.1 Å². The molecule has 0 amide bonds. The second kappa shape index (κ2) is 6.51. The molecule has 0 spiro atoms. The number of hydrogen-bond donors (Lipinski definition) is 1. The normalized spacial score (nSPS) is 28.0. The van der Waals surface area contributed by atoms with E-state index in [0.29, 0.717) is 6.04 Å². The van der Waals surface area contributed by atoms with Crippen LogP contribution in [0.5, 0.6) is 0 Å². The van der Waals surface area contributed by atoms with Crippen molar-refractivity contribution in [3.05, 3.63) is 35.9 Å². The summed E-state index contributed by atoms with van der Waals surface area (Å²) in [5.74, 6) is 0.218. The molecule has 19 heavy (non-hydrogen) atoms. The number of hydrogen-bond acceptors (Lipinski definition) is 3. The Morgan fingerprint density at radius 2 is 2.00 bits per heavy atom. The molecule has 3 heteroatoms. The Kier molecular flexibility index (Phi) is 4.97. The molecule has 4 unspecified atom stereocenters. The number of aliphatic hydroxyl groups is 1. The maximum Gasteiger partial charge on any atom is 0.0827 e. The van der Waals surface area contributed by atoms with Crippen LogP contribution in [0, 0.1) is 5.92 Å². The SMILES string of the molecule is CC1CN(CC(C)C(O)c2ccccc2)C(C)CO1. The fourth-order valence-corrected chi connectivity index (χ4v) is 2.67. The molecule has 0 saturated carbocycles. The summed E-state index contributed by atoms with van der Waals surface area (Å²) in [4.78, 5) is 2.42. The molecule has 1 aromatic carbocycles. The molecule has 1 aromatic rings. The highest BCUT2D eigenvalue weighted by atomic mass is 16.5. The third kappa shape index (κ3) is 3.78. The lowest BCUT2D eigenvalue weighted by molar-refractivity contribution is -0.0601. The van der Waals surface area contributed by atoms with Crippen molar-refractivity contribution in [1.82, 2.24) is 4.90 Å². The van der Waals surface area contributed by atoms with E-state index in [0.717, 1.165) is 25.3 Å².